The Kier molecular flexibility index (Phi) is 11.8. The van der Waals surface area contributed by atoms with Crippen molar-refractivity contribution in [1.82, 2.24) is 29.9 Å². The quantitative estimate of drug-likeness (QED) is 0.478. The zero-order valence-electron chi connectivity index (χ0n) is 19.3. The summed E-state index contributed by atoms with van der Waals surface area (Å²) in [5.41, 5.74) is 2.02. The minimum absolute atomic E-state index is 0.529. The number of imidazole rings is 1. The predicted octanol–water partition coefficient (Wildman–Crippen LogP) is 2.63. The van der Waals surface area contributed by atoms with Gasteiger partial charge >= 0.3 is 24.3 Å². The fraction of sp³-hybridized carbons (Fsp3) is 0.632. The van der Waals surface area contributed by atoms with Crippen LogP contribution in [0.2, 0.25) is 0 Å². The molecule has 1 saturated heterocycles. The molecule has 0 saturated carbocycles. The van der Waals surface area contributed by atoms with Crippen LogP contribution in [-0.2, 0) is 34.0 Å². The number of halogens is 6. The average Bonchev–Trinajstić information content (AvgIpc) is 3.38. The number of aromatic amines is 1. The van der Waals surface area contributed by atoms with Gasteiger partial charge in [-0.2, -0.15) is 26.3 Å². The summed E-state index contributed by atoms with van der Waals surface area (Å²) in [6.45, 7) is 6.67. The SMILES string of the molecule is COCc1cn(CC2CCN(Cc3ncc(C)[nH]3)CC2)nn1.O=C(O)C(F)(F)F.O=C(O)C(F)(F)F. The van der Waals surface area contributed by atoms with E-state index in [4.69, 9.17) is 24.5 Å². The first-order chi connectivity index (χ1) is 16.6. The second-order valence-corrected chi connectivity index (χ2v) is 7.70. The molecular formula is C19H26F6N6O5. The molecular weight excluding hydrogens is 506 g/mol. The van der Waals surface area contributed by atoms with Gasteiger partial charge in [-0.15, -0.1) is 5.10 Å². The van der Waals surface area contributed by atoms with Gasteiger partial charge in [-0.25, -0.2) is 14.6 Å². The number of H-pyrrole nitrogens is 1. The van der Waals surface area contributed by atoms with Crippen molar-refractivity contribution in [2.45, 2.75) is 51.8 Å². The molecule has 0 radical (unpaired) electrons. The Bertz CT molecular complexity index is 929. The van der Waals surface area contributed by atoms with Crippen LogP contribution in [0.1, 0.15) is 30.1 Å². The van der Waals surface area contributed by atoms with Crippen LogP contribution in [0.15, 0.2) is 12.4 Å². The molecule has 0 spiro atoms. The number of aryl methyl sites for hydroxylation is 1. The van der Waals surface area contributed by atoms with Gasteiger partial charge < -0.3 is 19.9 Å². The Morgan fingerprint density at radius 2 is 1.64 bits per heavy atom. The lowest BCUT2D eigenvalue weighted by Crippen LogP contribution is -2.34. The van der Waals surface area contributed by atoms with Crippen LogP contribution in [0.4, 0.5) is 26.3 Å². The molecule has 0 aliphatic carbocycles. The van der Waals surface area contributed by atoms with Crippen molar-refractivity contribution in [2.24, 2.45) is 5.92 Å². The molecule has 0 atom stereocenters. The number of carboxylic acid groups (broad SMARTS) is 2. The van der Waals surface area contributed by atoms with Crippen LogP contribution in [0.3, 0.4) is 0 Å². The summed E-state index contributed by atoms with van der Waals surface area (Å²) >= 11 is 0. The van der Waals surface area contributed by atoms with E-state index in [-0.39, 0.29) is 0 Å². The Labute approximate surface area is 201 Å². The molecule has 0 aromatic carbocycles. The molecule has 0 unspecified atom stereocenters. The summed E-state index contributed by atoms with van der Waals surface area (Å²) in [5, 5.41) is 22.5. The third-order valence-electron chi connectivity index (χ3n) is 4.64. The molecule has 36 heavy (non-hydrogen) atoms. The van der Waals surface area contributed by atoms with Crippen molar-refractivity contribution in [1.29, 1.82) is 0 Å². The van der Waals surface area contributed by atoms with Crippen molar-refractivity contribution < 1.29 is 50.9 Å². The standard InChI is InChI=1S/C15H24N6O.2C2HF3O2/c1-12-7-16-15(17-12)10-20-5-3-13(4-6-20)8-21-9-14(11-22-2)18-19-21;2*3-2(4,5)1(6)7/h7,9,13H,3-6,8,10-11H2,1-2H3,(H,16,17);2*(H,6,7). The lowest BCUT2D eigenvalue weighted by molar-refractivity contribution is -0.193. The highest BCUT2D eigenvalue weighted by atomic mass is 19.4. The summed E-state index contributed by atoms with van der Waals surface area (Å²) in [7, 11) is 1.68. The second-order valence-electron chi connectivity index (χ2n) is 7.70. The average molecular weight is 532 g/mol. The number of likely N-dealkylation sites (tertiary alicyclic amines) is 1. The number of rotatable bonds is 6. The first-order valence-corrected chi connectivity index (χ1v) is 10.3. The zero-order chi connectivity index (χ0) is 27.5. The van der Waals surface area contributed by atoms with E-state index >= 15 is 0 Å². The molecule has 3 rings (SSSR count). The fourth-order valence-corrected chi connectivity index (χ4v) is 2.99. The Morgan fingerprint density at radius 1 is 1.11 bits per heavy atom. The van der Waals surface area contributed by atoms with Gasteiger partial charge in [0.25, 0.3) is 0 Å². The summed E-state index contributed by atoms with van der Waals surface area (Å²) in [6.07, 6.45) is -3.90. The number of aliphatic carboxylic acids is 2. The molecule has 0 amide bonds. The Morgan fingerprint density at radius 3 is 2.06 bits per heavy atom. The zero-order valence-corrected chi connectivity index (χ0v) is 19.3. The van der Waals surface area contributed by atoms with E-state index in [1.807, 2.05) is 24.0 Å². The molecule has 0 bridgehead atoms. The molecule has 2 aromatic heterocycles. The number of ether oxygens (including phenoxy) is 1. The van der Waals surface area contributed by atoms with Crippen molar-refractivity contribution in [3.63, 3.8) is 0 Å². The summed E-state index contributed by atoms with van der Waals surface area (Å²) in [5.74, 6) is -3.77. The molecule has 11 nitrogen and oxygen atoms in total. The van der Waals surface area contributed by atoms with Gasteiger partial charge in [0.05, 0.1) is 19.3 Å². The molecule has 1 fully saturated rings. The van der Waals surface area contributed by atoms with Crippen molar-refractivity contribution in [3.8, 4) is 0 Å². The Hall–Kier alpha value is -3.21. The van der Waals surface area contributed by atoms with E-state index in [1.165, 1.54) is 12.8 Å². The maximum atomic E-state index is 10.6. The number of piperidine rings is 1. The van der Waals surface area contributed by atoms with Crippen LogP contribution in [0, 0.1) is 12.8 Å². The van der Waals surface area contributed by atoms with Crippen molar-refractivity contribution >= 4 is 11.9 Å². The third-order valence-corrected chi connectivity index (χ3v) is 4.64. The minimum Gasteiger partial charge on any atom is -0.475 e. The van der Waals surface area contributed by atoms with Crippen molar-refractivity contribution in [2.75, 3.05) is 20.2 Å². The number of alkyl halides is 6. The number of carbonyl (C=O) groups is 2. The lowest BCUT2D eigenvalue weighted by atomic mass is 9.97. The highest BCUT2D eigenvalue weighted by Gasteiger charge is 2.38. The van der Waals surface area contributed by atoms with E-state index in [1.54, 1.807) is 7.11 Å². The van der Waals surface area contributed by atoms with E-state index < -0.39 is 24.3 Å². The molecule has 17 heteroatoms. The van der Waals surface area contributed by atoms with Gasteiger partial charge in [0.1, 0.15) is 11.5 Å². The molecule has 204 valence electrons. The highest BCUT2D eigenvalue weighted by Crippen LogP contribution is 2.20. The van der Waals surface area contributed by atoms with Gasteiger partial charge in [-0.05, 0) is 38.8 Å². The van der Waals surface area contributed by atoms with Gasteiger partial charge in [0.15, 0.2) is 0 Å². The molecule has 3 heterocycles. The second kappa shape index (κ2) is 13.8. The predicted molar refractivity (Wildman–Crippen MR) is 109 cm³/mol. The number of carboxylic acids is 2. The summed E-state index contributed by atoms with van der Waals surface area (Å²) in [6, 6.07) is 0. The van der Waals surface area contributed by atoms with E-state index in [9.17, 15) is 26.3 Å². The maximum absolute atomic E-state index is 10.6. The van der Waals surface area contributed by atoms with E-state index in [2.05, 4.69) is 25.2 Å². The number of nitrogens with zero attached hydrogens (tertiary/aromatic N) is 5. The fourth-order valence-electron chi connectivity index (χ4n) is 2.99. The highest BCUT2D eigenvalue weighted by molar-refractivity contribution is 5.73. The number of aromatic nitrogens is 5. The number of hydrogen-bond acceptors (Lipinski definition) is 7. The first kappa shape index (κ1) is 30.8. The topological polar surface area (TPSA) is 146 Å². The number of hydrogen-bond donors (Lipinski definition) is 3. The molecule has 1 aliphatic rings. The summed E-state index contributed by atoms with van der Waals surface area (Å²) in [4.78, 5) is 27.9. The van der Waals surface area contributed by atoms with Crippen LogP contribution in [-0.4, -0.2) is 84.6 Å². The third kappa shape index (κ3) is 12.0. The van der Waals surface area contributed by atoms with E-state index in [0.717, 1.165) is 43.4 Å². The van der Waals surface area contributed by atoms with Gasteiger partial charge in [-0.3, -0.25) is 9.58 Å². The monoisotopic (exact) mass is 532 g/mol. The van der Waals surface area contributed by atoms with Crippen LogP contribution >= 0.6 is 0 Å². The van der Waals surface area contributed by atoms with Crippen molar-refractivity contribution in [3.05, 3.63) is 29.6 Å². The maximum Gasteiger partial charge on any atom is 0.490 e. The Balaban J connectivity index is 0.000000383. The molecule has 1 aliphatic heterocycles. The molecule has 3 N–H and O–H groups in total. The van der Waals surface area contributed by atoms with Gasteiger partial charge in [-0.1, -0.05) is 5.21 Å². The largest absolute Gasteiger partial charge is 0.490 e. The summed E-state index contributed by atoms with van der Waals surface area (Å²) < 4.78 is 70.5. The number of nitrogens with one attached hydrogen (secondary N) is 1. The first-order valence-electron chi connectivity index (χ1n) is 10.3. The normalized spacial score (nSPS) is 14.9. The van der Waals surface area contributed by atoms with Gasteiger partial charge in [0, 0.05) is 25.5 Å². The minimum atomic E-state index is -5.08. The van der Waals surface area contributed by atoms with E-state index in [0.29, 0.717) is 12.5 Å². The molecule has 2 aromatic rings. The van der Waals surface area contributed by atoms with Crippen LogP contribution in [0.25, 0.3) is 0 Å². The number of methoxy groups -OCH3 is 1. The van der Waals surface area contributed by atoms with Crippen LogP contribution in [0.5, 0.6) is 0 Å². The smallest absolute Gasteiger partial charge is 0.475 e. The van der Waals surface area contributed by atoms with Crippen LogP contribution < -0.4 is 0 Å². The lowest BCUT2D eigenvalue weighted by Gasteiger charge is -2.31. The van der Waals surface area contributed by atoms with Gasteiger partial charge in [0.2, 0.25) is 0 Å².